The Morgan fingerprint density at radius 1 is 1.12 bits per heavy atom. The fraction of sp³-hybridized carbons (Fsp3) is 0.381. The summed E-state index contributed by atoms with van der Waals surface area (Å²) in [6.07, 6.45) is 0. The van der Waals surface area contributed by atoms with Crippen LogP contribution in [0.1, 0.15) is 31.9 Å². The maximum atomic E-state index is 12.5. The number of fused-ring (bicyclic) bond motifs is 1. The van der Waals surface area contributed by atoms with Gasteiger partial charge in [0.2, 0.25) is 12.7 Å². The normalized spacial score (nSPS) is 13.1. The van der Waals surface area contributed by atoms with Gasteiger partial charge >= 0.3 is 0 Å². The molecule has 0 spiro atoms. The van der Waals surface area contributed by atoms with Gasteiger partial charge in [-0.2, -0.15) is 0 Å². The SMILES string of the molecule is CN(CC(=O)Nc1ccccc1C(C)(C)C)Cc1ccc2c(c1)OCO2. The van der Waals surface area contributed by atoms with Crippen LogP contribution in [0.4, 0.5) is 5.69 Å². The van der Waals surface area contributed by atoms with Gasteiger partial charge in [0, 0.05) is 12.2 Å². The molecule has 0 atom stereocenters. The van der Waals surface area contributed by atoms with Gasteiger partial charge in [-0.1, -0.05) is 45.0 Å². The third-order valence-corrected chi connectivity index (χ3v) is 4.31. The van der Waals surface area contributed by atoms with E-state index < -0.39 is 0 Å². The van der Waals surface area contributed by atoms with E-state index in [1.165, 1.54) is 0 Å². The maximum Gasteiger partial charge on any atom is 0.238 e. The highest BCUT2D eigenvalue weighted by molar-refractivity contribution is 5.93. The van der Waals surface area contributed by atoms with Crippen molar-refractivity contribution in [3.63, 3.8) is 0 Å². The van der Waals surface area contributed by atoms with Crippen LogP contribution in [0.3, 0.4) is 0 Å². The van der Waals surface area contributed by atoms with Gasteiger partial charge in [0.05, 0.1) is 6.54 Å². The summed E-state index contributed by atoms with van der Waals surface area (Å²) < 4.78 is 10.7. The lowest BCUT2D eigenvalue weighted by molar-refractivity contribution is -0.117. The van der Waals surface area contributed by atoms with Crippen LogP contribution in [0, 0.1) is 0 Å². The predicted molar refractivity (Wildman–Crippen MR) is 103 cm³/mol. The molecule has 0 fully saturated rings. The van der Waals surface area contributed by atoms with Crippen molar-refractivity contribution in [1.29, 1.82) is 0 Å². The molecule has 0 aromatic heterocycles. The lowest BCUT2D eigenvalue weighted by Gasteiger charge is -2.23. The molecule has 1 aliphatic heterocycles. The largest absolute Gasteiger partial charge is 0.454 e. The van der Waals surface area contributed by atoms with Gasteiger partial charge in [-0.05, 0) is 41.8 Å². The topological polar surface area (TPSA) is 50.8 Å². The number of ether oxygens (including phenoxy) is 2. The highest BCUT2D eigenvalue weighted by Crippen LogP contribution is 2.33. The molecule has 0 unspecified atom stereocenters. The molecule has 2 aromatic rings. The maximum absolute atomic E-state index is 12.5. The third-order valence-electron chi connectivity index (χ3n) is 4.31. The van der Waals surface area contributed by atoms with Gasteiger partial charge in [0.25, 0.3) is 0 Å². The van der Waals surface area contributed by atoms with Gasteiger partial charge in [0.1, 0.15) is 0 Å². The lowest BCUT2D eigenvalue weighted by Crippen LogP contribution is -2.30. The Kier molecular flexibility index (Phi) is 5.18. The summed E-state index contributed by atoms with van der Waals surface area (Å²) in [5.41, 5.74) is 3.07. The first-order valence-corrected chi connectivity index (χ1v) is 8.79. The zero-order valence-corrected chi connectivity index (χ0v) is 15.8. The molecule has 0 bridgehead atoms. The van der Waals surface area contributed by atoms with E-state index in [0.717, 1.165) is 28.3 Å². The van der Waals surface area contributed by atoms with Crippen LogP contribution < -0.4 is 14.8 Å². The second-order valence-electron chi connectivity index (χ2n) is 7.70. The number of hydrogen-bond acceptors (Lipinski definition) is 4. The highest BCUT2D eigenvalue weighted by Gasteiger charge is 2.19. The van der Waals surface area contributed by atoms with E-state index in [9.17, 15) is 4.79 Å². The Morgan fingerprint density at radius 3 is 2.62 bits per heavy atom. The average Bonchev–Trinajstić information content (AvgIpc) is 3.01. The second kappa shape index (κ2) is 7.38. The minimum atomic E-state index is -0.0255. The standard InChI is InChI=1S/C21H26N2O3/c1-21(2,3)16-7-5-6-8-17(16)22-20(24)13-23(4)12-15-9-10-18-19(11-15)26-14-25-18/h5-11H,12-14H2,1-4H3,(H,22,24). The summed E-state index contributed by atoms with van der Waals surface area (Å²) >= 11 is 0. The fourth-order valence-corrected chi connectivity index (χ4v) is 3.09. The van der Waals surface area contributed by atoms with Crippen molar-refractivity contribution >= 4 is 11.6 Å². The minimum absolute atomic E-state index is 0.0232. The molecule has 0 saturated carbocycles. The number of benzene rings is 2. The van der Waals surface area contributed by atoms with E-state index in [1.807, 2.05) is 48.3 Å². The molecule has 26 heavy (non-hydrogen) atoms. The van der Waals surface area contributed by atoms with Crippen molar-refractivity contribution in [3.8, 4) is 11.5 Å². The van der Waals surface area contributed by atoms with E-state index >= 15 is 0 Å². The Bertz CT molecular complexity index is 796. The number of hydrogen-bond donors (Lipinski definition) is 1. The number of carbonyl (C=O) groups is 1. The Hall–Kier alpha value is -2.53. The van der Waals surface area contributed by atoms with Crippen LogP contribution in [0.25, 0.3) is 0 Å². The number of rotatable bonds is 5. The van der Waals surface area contributed by atoms with E-state index in [0.29, 0.717) is 13.1 Å². The molecule has 1 amide bonds. The van der Waals surface area contributed by atoms with Crippen molar-refractivity contribution in [1.82, 2.24) is 4.90 Å². The first-order valence-electron chi connectivity index (χ1n) is 8.79. The van der Waals surface area contributed by atoms with Gasteiger partial charge < -0.3 is 14.8 Å². The molecule has 2 aromatic carbocycles. The molecule has 0 aliphatic carbocycles. The molecule has 0 saturated heterocycles. The van der Waals surface area contributed by atoms with Crippen LogP contribution in [-0.4, -0.2) is 31.2 Å². The number of likely N-dealkylation sites (N-methyl/N-ethyl adjacent to an activating group) is 1. The summed E-state index contributed by atoms with van der Waals surface area (Å²) in [6.45, 7) is 7.67. The average molecular weight is 354 g/mol. The predicted octanol–water partition coefficient (Wildman–Crippen LogP) is 3.78. The Balaban J connectivity index is 1.60. The molecule has 5 nitrogen and oxygen atoms in total. The summed E-state index contributed by atoms with van der Waals surface area (Å²) in [5.74, 6) is 1.51. The van der Waals surface area contributed by atoms with Gasteiger partial charge in [-0.3, -0.25) is 9.69 Å². The van der Waals surface area contributed by atoms with E-state index in [2.05, 4.69) is 32.2 Å². The molecular formula is C21H26N2O3. The number of anilines is 1. The Labute approximate surface area is 154 Å². The van der Waals surface area contributed by atoms with Crippen molar-refractivity contribution < 1.29 is 14.3 Å². The number of carbonyl (C=O) groups excluding carboxylic acids is 1. The summed E-state index contributed by atoms with van der Waals surface area (Å²) in [7, 11) is 1.93. The van der Waals surface area contributed by atoms with Crippen LogP contribution in [-0.2, 0) is 16.8 Å². The van der Waals surface area contributed by atoms with Crippen molar-refractivity contribution in [2.45, 2.75) is 32.7 Å². The van der Waals surface area contributed by atoms with E-state index in [4.69, 9.17) is 9.47 Å². The summed E-state index contributed by atoms with van der Waals surface area (Å²) in [4.78, 5) is 14.5. The fourth-order valence-electron chi connectivity index (χ4n) is 3.09. The third kappa shape index (κ3) is 4.35. The van der Waals surface area contributed by atoms with Crippen molar-refractivity contribution in [2.75, 3.05) is 25.7 Å². The molecule has 3 rings (SSSR count). The Morgan fingerprint density at radius 2 is 1.85 bits per heavy atom. The highest BCUT2D eigenvalue weighted by atomic mass is 16.7. The number of amides is 1. The summed E-state index contributed by atoms with van der Waals surface area (Å²) in [5, 5.41) is 3.05. The molecule has 1 heterocycles. The van der Waals surface area contributed by atoms with Crippen LogP contribution in [0.15, 0.2) is 42.5 Å². The number of nitrogens with one attached hydrogen (secondary N) is 1. The van der Waals surface area contributed by atoms with Gasteiger partial charge in [-0.15, -0.1) is 0 Å². The monoisotopic (exact) mass is 354 g/mol. The molecule has 1 aliphatic rings. The van der Waals surface area contributed by atoms with E-state index in [1.54, 1.807) is 0 Å². The van der Waals surface area contributed by atoms with Gasteiger partial charge in [-0.25, -0.2) is 0 Å². The first kappa shape index (κ1) is 18.3. The first-order chi connectivity index (χ1) is 12.3. The zero-order chi connectivity index (χ0) is 18.7. The number of nitrogens with zero attached hydrogens (tertiary/aromatic N) is 1. The van der Waals surface area contributed by atoms with Crippen LogP contribution in [0.5, 0.6) is 11.5 Å². The van der Waals surface area contributed by atoms with Crippen LogP contribution >= 0.6 is 0 Å². The molecular weight excluding hydrogens is 328 g/mol. The zero-order valence-electron chi connectivity index (χ0n) is 15.8. The van der Waals surface area contributed by atoms with Crippen molar-refractivity contribution in [2.24, 2.45) is 0 Å². The minimum Gasteiger partial charge on any atom is -0.454 e. The quantitative estimate of drug-likeness (QED) is 0.888. The van der Waals surface area contributed by atoms with E-state index in [-0.39, 0.29) is 18.1 Å². The smallest absolute Gasteiger partial charge is 0.238 e. The number of para-hydroxylation sites is 1. The molecule has 5 heteroatoms. The second-order valence-corrected chi connectivity index (χ2v) is 7.70. The van der Waals surface area contributed by atoms with Crippen molar-refractivity contribution in [3.05, 3.63) is 53.6 Å². The molecule has 1 N–H and O–H groups in total. The van der Waals surface area contributed by atoms with Gasteiger partial charge in [0.15, 0.2) is 11.5 Å². The lowest BCUT2D eigenvalue weighted by atomic mass is 9.86. The molecule has 138 valence electrons. The molecule has 0 radical (unpaired) electrons. The van der Waals surface area contributed by atoms with Crippen LogP contribution in [0.2, 0.25) is 0 Å². The summed E-state index contributed by atoms with van der Waals surface area (Å²) in [6, 6.07) is 13.8.